The highest BCUT2D eigenvalue weighted by Gasteiger charge is 2.28. The average Bonchev–Trinajstić information content (AvgIpc) is 2.97. The van der Waals surface area contributed by atoms with Crippen LogP contribution in [0.1, 0.15) is 28.3 Å². The fraction of sp³-hybridized carbons (Fsp3) is 0.235. The molecule has 1 aliphatic rings. The van der Waals surface area contributed by atoms with E-state index in [1.807, 2.05) is 24.3 Å². The normalized spacial score (nSPS) is 17.7. The van der Waals surface area contributed by atoms with Crippen LogP contribution in [0.5, 0.6) is 0 Å². The van der Waals surface area contributed by atoms with Crippen molar-refractivity contribution in [2.45, 2.75) is 12.3 Å². The SMILES string of the molecule is O=C(O)c1cccc(C2CCN(c3cccc(Br)c3)C2)c1F. The van der Waals surface area contributed by atoms with E-state index in [1.165, 1.54) is 6.07 Å². The van der Waals surface area contributed by atoms with Gasteiger partial charge in [0.25, 0.3) is 0 Å². The van der Waals surface area contributed by atoms with Gasteiger partial charge in [-0.3, -0.25) is 0 Å². The Morgan fingerprint density at radius 2 is 2.05 bits per heavy atom. The highest BCUT2D eigenvalue weighted by molar-refractivity contribution is 9.10. The summed E-state index contributed by atoms with van der Waals surface area (Å²) < 4.78 is 15.4. The molecule has 1 atom stereocenters. The van der Waals surface area contributed by atoms with E-state index in [-0.39, 0.29) is 11.5 Å². The van der Waals surface area contributed by atoms with E-state index >= 15 is 0 Å². The van der Waals surface area contributed by atoms with Gasteiger partial charge in [0.1, 0.15) is 5.82 Å². The van der Waals surface area contributed by atoms with Gasteiger partial charge in [-0.15, -0.1) is 0 Å². The number of carbonyl (C=O) groups is 1. The van der Waals surface area contributed by atoms with Gasteiger partial charge in [-0.1, -0.05) is 34.1 Å². The quantitative estimate of drug-likeness (QED) is 0.884. The number of halogens is 2. The summed E-state index contributed by atoms with van der Waals surface area (Å²) in [6, 6.07) is 12.6. The van der Waals surface area contributed by atoms with Crippen LogP contribution >= 0.6 is 15.9 Å². The molecule has 2 aromatic rings. The molecule has 3 nitrogen and oxygen atoms in total. The van der Waals surface area contributed by atoms with Crippen LogP contribution in [0, 0.1) is 5.82 Å². The molecular formula is C17H15BrFNO2. The number of hydrogen-bond acceptors (Lipinski definition) is 2. The van der Waals surface area contributed by atoms with E-state index in [0.717, 1.165) is 23.1 Å². The Morgan fingerprint density at radius 1 is 1.27 bits per heavy atom. The van der Waals surface area contributed by atoms with Gasteiger partial charge in [-0.25, -0.2) is 9.18 Å². The summed E-state index contributed by atoms with van der Waals surface area (Å²) in [6.45, 7) is 1.52. The molecule has 5 heteroatoms. The van der Waals surface area contributed by atoms with Crippen LogP contribution in [0.25, 0.3) is 0 Å². The molecule has 1 N–H and O–H groups in total. The molecule has 0 bridgehead atoms. The van der Waals surface area contributed by atoms with Crippen molar-refractivity contribution >= 4 is 27.6 Å². The highest BCUT2D eigenvalue weighted by Crippen LogP contribution is 2.33. The van der Waals surface area contributed by atoms with Crippen molar-refractivity contribution in [1.82, 2.24) is 0 Å². The van der Waals surface area contributed by atoms with Gasteiger partial charge in [0.15, 0.2) is 0 Å². The second kappa shape index (κ2) is 6.08. The fourth-order valence-corrected chi connectivity index (χ4v) is 3.34. The Balaban J connectivity index is 1.84. The van der Waals surface area contributed by atoms with Crippen molar-refractivity contribution < 1.29 is 14.3 Å². The molecule has 2 aromatic carbocycles. The largest absolute Gasteiger partial charge is 0.478 e. The maximum Gasteiger partial charge on any atom is 0.338 e. The van der Waals surface area contributed by atoms with Crippen molar-refractivity contribution in [2.75, 3.05) is 18.0 Å². The van der Waals surface area contributed by atoms with Crippen LogP contribution in [0.3, 0.4) is 0 Å². The minimum atomic E-state index is -1.22. The van der Waals surface area contributed by atoms with Gasteiger partial charge in [0, 0.05) is 29.2 Å². The third kappa shape index (κ3) is 2.86. The van der Waals surface area contributed by atoms with Gasteiger partial charge >= 0.3 is 5.97 Å². The number of anilines is 1. The Labute approximate surface area is 136 Å². The predicted molar refractivity (Wildman–Crippen MR) is 87.1 cm³/mol. The molecule has 0 aliphatic carbocycles. The molecule has 0 radical (unpaired) electrons. The number of nitrogens with zero attached hydrogens (tertiary/aromatic N) is 1. The average molecular weight is 364 g/mol. The maximum atomic E-state index is 14.4. The molecule has 1 unspecified atom stereocenters. The molecule has 1 aliphatic heterocycles. The van der Waals surface area contributed by atoms with Crippen molar-refractivity contribution in [3.8, 4) is 0 Å². The third-order valence-electron chi connectivity index (χ3n) is 4.06. The Bertz CT molecular complexity index is 720. The van der Waals surface area contributed by atoms with Gasteiger partial charge in [0.2, 0.25) is 0 Å². The van der Waals surface area contributed by atoms with Crippen molar-refractivity contribution in [2.24, 2.45) is 0 Å². The van der Waals surface area contributed by atoms with Gasteiger partial charge < -0.3 is 10.0 Å². The molecule has 1 fully saturated rings. The summed E-state index contributed by atoms with van der Waals surface area (Å²) in [5.41, 5.74) is 1.34. The number of benzene rings is 2. The lowest BCUT2D eigenvalue weighted by Crippen LogP contribution is -2.19. The van der Waals surface area contributed by atoms with E-state index in [9.17, 15) is 9.18 Å². The summed E-state index contributed by atoms with van der Waals surface area (Å²) in [5.74, 6) is -1.81. The van der Waals surface area contributed by atoms with Crippen LogP contribution in [-0.4, -0.2) is 24.2 Å². The molecule has 114 valence electrons. The topological polar surface area (TPSA) is 40.5 Å². The van der Waals surface area contributed by atoms with E-state index in [1.54, 1.807) is 12.1 Å². The summed E-state index contributed by atoms with van der Waals surface area (Å²) >= 11 is 3.45. The van der Waals surface area contributed by atoms with Crippen molar-refractivity contribution in [3.63, 3.8) is 0 Å². The number of rotatable bonds is 3. The predicted octanol–water partition coefficient (Wildman–Crippen LogP) is 4.28. The Morgan fingerprint density at radius 3 is 2.77 bits per heavy atom. The zero-order chi connectivity index (χ0) is 15.7. The van der Waals surface area contributed by atoms with Crippen LogP contribution in [0.2, 0.25) is 0 Å². The highest BCUT2D eigenvalue weighted by atomic mass is 79.9. The Hall–Kier alpha value is -1.88. The zero-order valence-electron chi connectivity index (χ0n) is 11.8. The molecule has 0 saturated carbocycles. The summed E-state index contributed by atoms with van der Waals surface area (Å²) in [7, 11) is 0. The van der Waals surface area contributed by atoms with E-state index in [4.69, 9.17) is 5.11 Å². The van der Waals surface area contributed by atoms with E-state index in [2.05, 4.69) is 20.8 Å². The van der Waals surface area contributed by atoms with E-state index in [0.29, 0.717) is 12.1 Å². The van der Waals surface area contributed by atoms with Crippen LogP contribution in [0.4, 0.5) is 10.1 Å². The second-order valence-corrected chi connectivity index (χ2v) is 6.34. The molecule has 0 aromatic heterocycles. The third-order valence-corrected chi connectivity index (χ3v) is 4.55. The van der Waals surface area contributed by atoms with Crippen molar-refractivity contribution in [3.05, 3.63) is 63.9 Å². The first kappa shape index (κ1) is 15.0. The minimum absolute atomic E-state index is 0.0123. The molecule has 0 spiro atoms. The van der Waals surface area contributed by atoms with Crippen LogP contribution in [-0.2, 0) is 0 Å². The molecular weight excluding hydrogens is 349 g/mol. The monoisotopic (exact) mass is 363 g/mol. The summed E-state index contributed by atoms with van der Waals surface area (Å²) in [6.07, 6.45) is 0.812. The van der Waals surface area contributed by atoms with Crippen LogP contribution < -0.4 is 4.90 Å². The first-order valence-corrected chi connectivity index (χ1v) is 7.88. The fourth-order valence-electron chi connectivity index (χ4n) is 2.95. The number of carboxylic acids is 1. The standard InChI is InChI=1S/C17H15BrFNO2/c18-12-3-1-4-13(9-12)20-8-7-11(10-20)14-5-2-6-15(16(14)19)17(21)22/h1-6,9,11H,7-8,10H2,(H,21,22). The lowest BCUT2D eigenvalue weighted by atomic mass is 9.96. The number of aromatic carboxylic acids is 1. The first-order valence-electron chi connectivity index (χ1n) is 7.08. The smallest absolute Gasteiger partial charge is 0.338 e. The summed E-state index contributed by atoms with van der Waals surface area (Å²) in [5, 5.41) is 9.04. The van der Waals surface area contributed by atoms with E-state index < -0.39 is 11.8 Å². The second-order valence-electron chi connectivity index (χ2n) is 5.43. The first-order chi connectivity index (χ1) is 10.6. The molecule has 3 rings (SSSR count). The van der Waals surface area contributed by atoms with Gasteiger partial charge in [0.05, 0.1) is 5.56 Å². The zero-order valence-corrected chi connectivity index (χ0v) is 13.4. The number of hydrogen-bond donors (Lipinski definition) is 1. The summed E-state index contributed by atoms with van der Waals surface area (Å²) in [4.78, 5) is 13.3. The van der Waals surface area contributed by atoms with Crippen molar-refractivity contribution in [1.29, 1.82) is 0 Å². The molecule has 22 heavy (non-hydrogen) atoms. The number of carboxylic acid groups (broad SMARTS) is 1. The van der Waals surface area contributed by atoms with Gasteiger partial charge in [-0.05, 0) is 36.2 Å². The Kier molecular flexibility index (Phi) is 4.16. The molecule has 0 amide bonds. The van der Waals surface area contributed by atoms with Gasteiger partial charge in [-0.2, -0.15) is 0 Å². The van der Waals surface area contributed by atoms with Crippen LogP contribution in [0.15, 0.2) is 46.9 Å². The maximum absolute atomic E-state index is 14.4. The molecule has 1 saturated heterocycles. The lowest BCUT2D eigenvalue weighted by molar-refractivity contribution is 0.0691. The molecule has 1 heterocycles. The lowest BCUT2D eigenvalue weighted by Gasteiger charge is -2.19. The minimum Gasteiger partial charge on any atom is -0.478 e.